The van der Waals surface area contributed by atoms with Crippen molar-refractivity contribution in [2.24, 2.45) is 0 Å². The van der Waals surface area contributed by atoms with Gasteiger partial charge in [0.1, 0.15) is 5.82 Å². The van der Waals surface area contributed by atoms with E-state index >= 15 is 0 Å². The van der Waals surface area contributed by atoms with Crippen LogP contribution < -0.4 is 10.6 Å². The molecule has 0 saturated carbocycles. The van der Waals surface area contributed by atoms with Crippen molar-refractivity contribution in [3.63, 3.8) is 0 Å². The second kappa shape index (κ2) is 9.35. The molecular formula is C25H23N7O. The summed E-state index contributed by atoms with van der Waals surface area (Å²) in [6, 6.07) is 19.3. The van der Waals surface area contributed by atoms with Crippen molar-refractivity contribution >= 4 is 22.5 Å². The van der Waals surface area contributed by atoms with Crippen molar-refractivity contribution in [2.75, 3.05) is 11.9 Å². The van der Waals surface area contributed by atoms with Crippen LogP contribution in [0.5, 0.6) is 0 Å². The van der Waals surface area contributed by atoms with Crippen molar-refractivity contribution < 1.29 is 4.79 Å². The van der Waals surface area contributed by atoms with E-state index in [2.05, 4.69) is 47.9 Å². The quantitative estimate of drug-likeness (QED) is 0.294. The fourth-order valence-corrected chi connectivity index (χ4v) is 3.71. The van der Waals surface area contributed by atoms with Gasteiger partial charge in [-0.05, 0) is 48.4 Å². The van der Waals surface area contributed by atoms with E-state index in [-0.39, 0.29) is 5.91 Å². The molecule has 33 heavy (non-hydrogen) atoms. The lowest BCUT2D eigenvalue weighted by Gasteiger charge is -2.08. The molecule has 3 heterocycles. The second-order valence-electron chi connectivity index (χ2n) is 7.64. The summed E-state index contributed by atoms with van der Waals surface area (Å²) < 4.78 is 0. The Labute approximate surface area is 190 Å². The number of para-hydroxylation sites is 1. The zero-order valence-corrected chi connectivity index (χ0v) is 17.9. The lowest BCUT2D eigenvalue weighted by Crippen LogP contribution is -2.25. The predicted molar refractivity (Wildman–Crippen MR) is 128 cm³/mol. The molecule has 5 rings (SSSR count). The van der Waals surface area contributed by atoms with Crippen molar-refractivity contribution in [2.45, 2.75) is 13.0 Å². The van der Waals surface area contributed by atoms with Crippen LogP contribution in [0.25, 0.3) is 22.3 Å². The molecule has 0 aliphatic carbocycles. The highest BCUT2D eigenvalue weighted by Gasteiger charge is 2.09. The number of carbonyl (C=O) groups is 1. The van der Waals surface area contributed by atoms with Crippen LogP contribution >= 0.6 is 0 Å². The summed E-state index contributed by atoms with van der Waals surface area (Å²) in [5, 5.41) is 14.7. The zero-order valence-electron chi connectivity index (χ0n) is 17.9. The first-order valence-electron chi connectivity index (χ1n) is 10.7. The van der Waals surface area contributed by atoms with E-state index in [1.165, 1.54) is 10.9 Å². The number of hydrogen-bond acceptors (Lipinski definition) is 5. The number of nitrogens with zero attached hydrogens (tertiary/aromatic N) is 3. The summed E-state index contributed by atoms with van der Waals surface area (Å²) in [5.74, 6) is 1.23. The average molecular weight is 438 g/mol. The van der Waals surface area contributed by atoms with Crippen LogP contribution in [0, 0.1) is 0 Å². The fraction of sp³-hybridized carbons (Fsp3) is 0.120. The van der Waals surface area contributed by atoms with Crippen molar-refractivity contribution in [1.82, 2.24) is 30.5 Å². The van der Waals surface area contributed by atoms with Gasteiger partial charge in [0, 0.05) is 52.9 Å². The first kappa shape index (κ1) is 20.4. The number of nitrogens with one attached hydrogen (secondary N) is 4. The lowest BCUT2D eigenvalue weighted by molar-refractivity contribution is 0.0954. The highest BCUT2D eigenvalue weighted by atomic mass is 16.1. The third kappa shape index (κ3) is 4.74. The summed E-state index contributed by atoms with van der Waals surface area (Å²) in [4.78, 5) is 24.4. The number of aromatic nitrogens is 5. The molecule has 0 fully saturated rings. The van der Waals surface area contributed by atoms with Crippen molar-refractivity contribution in [3.05, 3.63) is 96.2 Å². The topological polar surface area (TPSA) is 111 Å². The standard InChI is InChI=1S/C25H23N7O/c33-25(27-13-10-19-15-29-22-7-2-1-6-21(19)22)18-4-3-5-20(14-18)28-16-23-30-24(32-31-23)17-8-11-26-12-9-17/h1-9,11-12,14-15,28-29H,10,13,16H2,(H,27,33)(H,30,31,32). The van der Waals surface area contributed by atoms with Gasteiger partial charge in [0.25, 0.3) is 5.91 Å². The molecule has 3 aromatic heterocycles. The third-order valence-electron chi connectivity index (χ3n) is 5.41. The minimum absolute atomic E-state index is 0.0990. The van der Waals surface area contributed by atoms with Gasteiger partial charge in [-0.15, -0.1) is 0 Å². The number of pyridine rings is 1. The van der Waals surface area contributed by atoms with Crippen LogP contribution in [0.3, 0.4) is 0 Å². The van der Waals surface area contributed by atoms with Crippen LogP contribution in [0.2, 0.25) is 0 Å². The smallest absolute Gasteiger partial charge is 0.251 e. The van der Waals surface area contributed by atoms with Crippen molar-refractivity contribution in [3.8, 4) is 11.4 Å². The van der Waals surface area contributed by atoms with E-state index in [9.17, 15) is 4.79 Å². The van der Waals surface area contributed by atoms with Gasteiger partial charge in [0.2, 0.25) is 0 Å². The molecule has 8 heteroatoms. The normalized spacial score (nSPS) is 10.9. The fourth-order valence-electron chi connectivity index (χ4n) is 3.71. The van der Waals surface area contributed by atoms with E-state index in [1.54, 1.807) is 12.4 Å². The van der Waals surface area contributed by atoms with Crippen molar-refractivity contribution in [1.29, 1.82) is 0 Å². The van der Waals surface area contributed by atoms with Crippen LogP contribution in [0.15, 0.2) is 79.3 Å². The van der Waals surface area contributed by atoms with Gasteiger partial charge in [-0.3, -0.25) is 14.9 Å². The molecule has 5 aromatic rings. The summed E-state index contributed by atoms with van der Waals surface area (Å²) >= 11 is 0. The lowest BCUT2D eigenvalue weighted by atomic mass is 10.1. The molecule has 0 unspecified atom stereocenters. The monoisotopic (exact) mass is 437 g/mol. The van der Waals surface area contributed by atoms with E-state index < -0.39 is 0 Å². The first-order chi connectivity index (χ1) is 16.3. The van der Waals surface area contributed by atoms with Gasteiger partial charge in [0.15, 0.2) is 5.82 Å². The van der Waals surface area contributed by atoms with E-state index in [4.69, 9.17) is 0 Å². The molecule has 1 amide bonds. The second-order valence-corrected chi connectivity index (χ2v) is 7.64. The van der Waals surface area contributed by atoms with Crippen LogP contribution in [0.1, 0.15) is 21.7 Å². The van der Waals surface area contributed by atoms with Gasteiger partial charge in [-0.25, -0.2) is 4.98 Å². The zero-order chi connectivity index (χ0) is 22.5. The molecule has 8 nitrogen and oxygen atoms in total. The van der Waals surface area contributed by atoms with Crippen LogP contribution in [-0.2, 0) is 13.0 Å². The molecule has 0 spiro atoms. The molecule has 0 saturated heterocycles. The number of benzene rings is 2. The largest absolute Gasteiger partial charge is 0.378 e. The SMILES string of the molecule is O=C(NCCc1c[nH]c2ccccc12)c1cccc(NCc2nc(-c3ccncc3)n[nH]2)c1. The van der Waals surface area contributed by atoms with Gasteiger partial charge in [-0.2, -0.15) is 5.10 Å². The number of H-pyrrole nitrogens is 2. The Morgan fingerprint density at radius 3 is 2.79 bits per heavy atom. The number of carbonyl (C=O) groups excluding carboxylic acids is 1. The number of rotatable bonds is 8. The van der Waals surface area contributed by atoms with Crippen LogP contribution in [0.4, 0.5) is 5.69 Å². The minimum atomic E-state index is -0.0990. The maximum absolute atomic E-state index is 12.6. The van der Waals surface area contributed by atoms with Gasteiger partial charge < -0.3 is 15.6 Å². The Kier molecular flexibility index (Phi) is 5.79. The number of fused-ring (bicyclic) bond motifs is 1. The predicted octanol–water partition coefficient (Wildman–Crippen LogP) is 3.93. The highest BCUT2D eigenvalue weighted by molar-refractivity contribution is 5.95. The Hall–Kier alpha value is -4.46. The molecule has 0 aliphatic heterocycles. The third-order valence-corrected chi connectivity index (χ3v) is 5.41. The number of anilines is 1. The minimum Gasteiger partial charge on any atom is -0.378 e. The highest BCUT2D eigenvalue weighted by Crippen LogP contribution is 2.18. The summed E-state index contributed by atoms with van der Waals surface area (Å²) in [6.45, 7) is 1.03. The summed E-state index contributed by atoms with van der Waals surface area (Å²) in [7, 11) is 0. The molecule has 4 N–H and O–H groups in total. The van der Waals surface area contributed by atoms with Gasteiger partial charge in [-0.1, -0.05) is 24.3 Å². The van der Waals surface area contributed by atoms with Gasteiger partial charge >= 0.3 is 0 Å². The molecule has 0 radical (unpaired) electrons. The molecule has 2 aromatic carbocycles. The van der Waals surface area contributed by atoms with E-state index in [1.807, 2.05) is 54.7 Å². The Morgan fingerprint density at radius 1 is 1.00 bits per heavy atom. The molecular weight excluding hydrogens is 414 g/mol. The molecule has 0 bridgehead atoms. The number of hydrogen-bond donors (Lipinski definition) is 4. The first-order valence-corrected chi connectivity index (χ1v) is 10.7. The number of aromatic amines is 2. The Morgan fingerprint density at radius 2 is 1.88 bits per heavy atom. The maximum Gasteiger partial charge on any atom is 0.251 e. The number of amides is 1. The van der Waals surface area contributed by atoms with Gasteiger partial charge in [0.05, 0.1) is 6.54 Å². The molecule has 164 valence electrons. The van der Waals surface area contributed by atoms with E-state index in [0.29, 0.717) is 30.3 Å². The van der Waals surface area contributed by atoms with Crippen LogP contribution in [-0.4, -0.2) is 37.6 Å². The average Bonchev–Trinajstić information content (AvgIpc) is 3.51. The van der Waals surface area contributed by atoms with E-state index in [0.717, 1.165) is 23.2 Å². The maximum atomic E-state index is 12.6. The Balaban J connectivity index is 1.16. The molecule has 0 atom stereocenters. The summed E-state index contributed by atoms with van der Waals surface area (Å²) in [5.41, 5.74) is 4.64. The molecule has 0 aliphatic rings. The Bertz CT molecular complexity index is 1370. The summed E-state index contributed by atoms with van der Waals surface area (Å²) in [6.07, 6.45) is 6.19.